The lowest BCUT2D eigenvalue weighted by Crippen LogP contribution is -2.57. The normalized spacial score (nSPS) is 13.6. The number of phenolic OH excluding ortho intramolecular Hbond substituents is 1. The van der Waals surface area contributed by atoms with Crippen molar-refractivity contribution < 1.29 is 49.2 Å². The molecule has 14 nitrogen and oxygen atoms in total. The van der Waals surface area contributed by atoms with Crippen molar-refractivity contribution in [2.75, 3.05) is 0 Å². The van der Waals surface area contributed by atoms with E-state index in [4.69, 9.17) is 10.8 Å². The van der Waals surface area contributed by atoms with Crippen LogP contribution in [0.3, 0.4) is 0 Å². The molecular formula is C27H32N4O10. The molecule has 0 spiro atoms. The van der Waals surface area contributed by atoms with Gasteiger partial charge in [0.2, 0.25) is 17.7 Å². The van der Waals surface area contributed by atoms with Crippen LogP contribution in [0.2, 0.25) is 0 Å². The molecular weight excluding hydrogens is 540 g/mol. The zero-order chi connectivity index (χ0) is 30.5. The van der Waals surface area contributed by atoms with E-state index >= 15 is 0 Å². The smallest absolute Gasteiger partial charge is 0.326 e. The third-order valence-electron chi connectivity index (χ3n) is 5.92. The highest BCUT2D eigenvalue weighted by molar-refractivity contribution is 5.95. The number of aliphatic carboxylic acids is 3. The van der Waals surface area contributed by atoms with Gasteiger partial charge in [0.25, 0.3) is 0 Å². The van der Waals surface area contributed by atoms with Gasteiger partial charge in [-0.3, -0.25) is 24.0 Å². The molecule has 2 aromatic rings. The Morgan fingerprint density at radius 1 is 0.659 bits per heavy atom. The molecule has 0 heterocycles. The van der Waals surface area contributed by atoms with Gasteiger partial charge in [-0.25, -0.2) is 4.79 Å². The van der Waals surface area contributed by atoms with Crippen LogP contribution in [0, 0.1) is 0 Å². The Labute approximate surface area is 234 Å². The SMILES string of the molecule is NC(Cc1ccccc1)C(=O)NC(CC(=O)O)C(=O)NC(CCC(=O)O)C(=O)NC(Cc1ccc(O)cc1)C(=O)O. The Balaban J connectivity index is 2.16. The molecule has 2 aromatic carbocycles. The number of phenols is 1. The van der Waals surface area contributed by atoms with Gasteiger partial charge in [0.05, 0.1) is 12.5 Å². The molecule has 4 unspecified atom stereocenters. The van der Waals surface area contributed by atoms with Crippen LogP contribution in [-0.4, -0.2) is 80.2 Å². The van der Waals surface area contributed by atoms with Gasteiger partial charge in [0.15, 0.2) is 0 Å². The summed E-state index contributed by atoms with van der Waals surface area (Å²) in [4.78, 5) is 73.0. The highest BCUT2D eigenvalue weighted by atomic mass is 16.4. The fraction of sp³-hybridized carbons (Fsp3) is 0.333. The number of carbonyl (C=O) groups excluding carboxylic acids is 3. The second-order valence-corrected chi connectivity index (χ2v) is 9.22. The highest BCUT2D eigenvalue weighted by Gasteiger charge is 2.32. The number of benzene rings is 2. The van der Waals surface area contributed by atoms with Crippen molar-refractivity contribution in [3.05, 3.63) is 65.7 Å². The fourth-order valence-corrected chi connectivity index (χ4v) is 3.77. The maximum absolute atomic E-state index is 13.0. The second kappa shape index (κ2) is 15.6. The Morgan fingerprint density at radius 3 is 1.76 bits per heavy atom. The summed E-state index contributed by atoms with van der Waals surface area (Å²) in [6.45, 7) is 0. The molecule has 0 aromatic heterocycles. The van der Waals surface area contributed by atoms with Gasteiger partial charge >= 0.3 is 17.9 Å². The molecule has 9 N–H and O–H groups in total. The van der Waals surface area contributed by atoms with Crippen molar-refractivity contribution in [1.82, 2.24) is 16.0 Å². The summed E-state index contributed by atoms with van der Waals surface area (Å²) < 4.78 is 0. The average molecular weight is 573 g/mol. The van der Waals surface area contributed by atoms with Crippen molar-refractivity contribution in [3.8, 4) is 5.75 Å². The predicted octanol–water partition coefficient (Wildman–Crippen LogP) is -0.617. The van der Waals surface area contributed by atoms with E-state index in [0.29, 0.717) is 5.56 Å². The van der Waals surface area contributed by atoms with E-state index in [9.17, 15) is 44.1 Å². The summed E-state index contributed by atoms with van der Waals surface area (Å²) in [5, 5.41) is 44.1. The number of amides is 3. The average Bonchev–Trinajstić information content (AvgIpc) is 2.91. The first-order chi connectivity index (χ1) is 19.3. The summed E-state index contributed by atoms with van der Waals surface area (Å²) in [6, 6.07) is 8.38. The molecule has 41 heavy (non-hydrogen) atoms. The van der Waals surface area contributed by atoms with Crippen LogP contribution in [0.25, 0.3) is 0 Å². The summed E-state index contributed by atoms with van der Waals surface area (Å²) in [5.74, 6) is -7.20. The summed E-state index contributed by atoms with van der Waals surface area (Å²) in [7, 11) is 0. The first-order valence-corrected chi connectivity index (χ1v) is 12.5. The standard InChI is InChI=1S/C27H32N4O10/c28-18(12-15-4-2-1-3-5-15)24(37)30-20(14-23(35)36)26(39)29-19(10-11-22(33)34)25(38)31-21(27(40)41)13-16-6-8-17(32)9-7-16/h1-9,18-21,32H,10-14,28H2,(H,29,39)(H,30,37)(H,31,38)(H,33,34)(H,35,36)(H,40,41). The molecule has 3 amide bonds. The van der Waals surface area contributed by atoms with E-state index in [0.717, 1.165) is 5.56 Å². The van der Waals surface area contributed by atoms with Gasteiger partial charge in [-0.05, 0) is 36.1 Å². The number of nitrogens with one attached hydrogen (secondary N) is 3. The molecule has 14 heteroatoms. The van der Waals surface area contributed by atoms with E-state index < -0.39 is 79.1 Å². The number of carboxylic acids is 3. The van der Waals surface area contributed by atoms with E-state index in [2.05, 4.69) is 16.0 Å². The van der Waals surface area contributed by atoms with E-state index in [-0.39, 0.29) is 18.6 Å². The number of hydrogen-bond donors (Lipinski definition) is 8. The zero-order valence-electron chi connectivity index (χ0n) is 21.9. The molecule has 0 fully saturated rings. The predicted molar refractivity (Wildman–Crippen MR) is 142 cm³/mol. The third kappa shape index (κ3) is 11.3. The fourth-order valence-electron chi connectivity index (χ4n) is 3.77. The second-order valence-electron chi connectivity index (χ2n) is 9.22. The minimum Gasteiger partial charge on any atom is -0.508 e. The van der Waals surface area contributed by atoms with Gasteiger partial charge in [-0.15, -0.1) is 0 Å². The summed E-state index contributed by atoms with van der Waals surface area (Å²) >= 11 is 0. The molecule has 0 aliphatic rings. The monoisotopic (exact) mass is 572 g/mol. The minimum absolute atomic E-state index is 0.0508. The van der Waals surface area contributed by atoms with Crippen molar-refractivity contribution in [2.45, 2.75) is 56.3 Å². The highest BCUT2D eigenvalue weighted by Crippen LogP contribution is 2.12. The van der Waals surface area contributed by atoms with Gasteiger partial charge in [-0.2, -0.15) is 0 Å². The maximum atomic E-state index is 13.0. The number of nitrogens with two attached hydrogens (primary N) is 1. The van der Waals surface area contributed by atoms with Crippen LogP contribution in [0.4, 0.5) is 0 Å². The topological polar surface area (TPSA) is 245 Å². The number of aromatic hydroxyl groups is 1. The lowest BCUT2D eigenvalue weighted by atomic mass is 10.0. The maximum Gasteiger partial charge on any atom is 0.326 e. The Morgan fingerprint density at radius 2 is 1.20 bits per heavy atom. The van der Waals surface area contributed by atoms with Gasteiger partial charge in [0.1, 0.15) is 23.9 Å². The number of rotatable bonds is 16. The van der Waals surface area contributed by atoms with Crippen LogP contribution in [0.1, 0.15) is 30.4 Å². The Kier molecular flexibility index (Phi) is 12.2. The summed E-state index contributed by atoms with van der Waals surface area (Å²) in [6.07, 6.45) is -2.03. The van der Waals surface area contributed by atoms with Gasteiger partial charge in [-0.1, -0.05) is 42.5 Å². The van der Waals surface area contributed by atoms with Crippen molar-refractivity contribution in [2.24, 2.45) is 5.73 Å². The molecule has 220 valence electrons. The quantitative estimate of drug-likeness (QED) is 0.126. The van der Waals surface area contributed by atoms with Crippen LogP contribution in [0.5, 0.6) is 5.75 Å². The van der Waals surface area contributed by atoms with Gasteiger partial charge < -0.3 is 42.1 Å². The molecule has 4 atom stereocenters. The first kappa shape index (κ1) is 32.2. The molecule has 2 rings (SSSR count). The Hall–Kier alpha value is -4.98. The van der Waals surface area contributed by atoms with E-state index in [1.807, 2.05) is 0 Å². The molecule has 0 saturated heterocycles. The molecule has 0 aliphatic carbocycles. The van der Waals surface area contributed by atoms with Crippen molar-refractivity contribution in [3.63, 3.8) is 0 Å². The van der Waals surface area contributed by atoms with E-state index in [1.54, 1.807) is 30.3 Å². The first-order valence-electron chi connectivity index (χ1n) is 12.5. The molecule has 0 saturated carbocycles. The van der Waals surface area contributed by atoms with Crippen LogP contribution >= 0.6 is 0 Å². The van der Waals surface area contributed by atoms with Crippen molar-refractivity contribution in [1.29, 1.82) is 0 Å². The third-order valence-corrected chi connectivity index (χ3v) is 5.92. The number of hydrogen-bond acceptors (Lipinski definition) is 8. The largest absolute Gasteiger partial charge is 0.508 e. The molecule has 0 aliphatic heterocycles. The number of carboxylic acid groups (broad SMARTS) is 3. The zero-order valence-corrected chi connectivity index (χ0v) is 21.9. The minimum atomic E-state index is -1.67. The Bertz CT molecular complexity index is 1240. The van der Waals surface area contributed by atoms with E-state index in [1.165, 1.54) is 24.3 Å². The molecule has 0 radical (unpaired) electrons. The lowest BCUT2D eigenvalue weighted by Gasteiger charge is -2.24. The van der Waals surface area contributed by atoms with Crippen LogP contribution in [-0.2, 0) is 41.6 Å². The van der Waals surface area contributed by atoms with Crippen molar-refractivity contribution >= 4 is 35.6 Å². The molecule has 0 bridgehead atoms. The lowest BCUT2D eigenvalue weighted by molar-refractivity contribution is -0.143. The number of carbonyl (C=O) groups is 6. The van der Waals surface area contributed by atoms with Crippen LogP contribution < -0.4 is 21.7 Å². The van der Waals surface area contributed by atoms with Gasteiger partial charge in [0, 0.05) is 12.8 Å². The van der Waals surface area contributed by atoms with Crippen LogP contribution in [0.15, 0.2) is 54.6 Å². The summed E-state index contributed by atoms with van der Waals surface area (Å²) in [5.41, 5.74) is 7.10.